The van der Waals surface area contributed by atoms with Crippen molar-refractivity contribution in [3.63, 3.8) is 0 Å². The Labute approximate surface area is 188 Å². The molecule has 0 radical (unpaired) electrons. The van der Waals surface area contributed by atoms with Crippen LogP contribution in [0.5, 0.6) is 11.5 Å². The predicted octanol–water partition coefficient (Wildman–Crippen LogP) is 4.33. The Morgan fingerprint density at radius 2 is 0.759 bits per heavy atom. The number of rotatable bonds is 8. The minimum absolute atomic E-state index is 0.288. The summed E-state index contributed by atoms with van der Waals surface area (Å²) in [6, 6.07) is 9.54. The van der Waals surface area contributed by atoms with Crippen LogP contribution >= 0.6 is 0 Å². The maximum absolute atomic E-state index is 5.83. The first-order chi connectivity index (χ1) is 13.6. The predicted molar refractivity (Wildman–Crippen MR) is 120 cm³/mol. The van der Waals surface area contributed by atoms with Crippen molar-refractivity contribution < 1.29 is 30.7 Å². The first kappa shape index (κ1) is 24.0. The molecule has 0 heterocycles. The molecule has 0 spiro atoms. The molecule has 0 aliphatic heterocycles. The van der Waals surface area contributed by atoms with E-state index in [4.69, 9.17) is 9.47 Å². The molecule has 0 aliphatic carbocycles. The van der Waals surface area contributed by atoms with Gasteiger partial charge in [0.1, 0.15) is 11.5 Å². The second-order valence-electron chi connectivity index (χ2n) is 8.95. The van der Waals surface area contributed by atoms with Gasteiger partial charge in [-0.3, -0.25) is 0 Å². The Kier molecular flexibility index (Phi) is 8.45. The van der Waals surface area contributed by atoms with Gasteiger partial charge in [-0.1, -0.05) is 55.4 Å². The molecule has 2 nitrogen and oxygen atoms in total. The van der Waals surface area contributed by atoms with E-state index in [-0.39, 0.29) is 21.2 Å². The van der Waals surface area contributed by atoms with Crippen molar-refractivity contribution in [2.24, 2.45) is 0 Å². The Morgan fingerprint density at radius 1 is 0.517 bits per heavy atom. The molecular formula is C26H38IO2+. The summed E-state index contributed by atoms with van der Waals surface area (Å²) < 4.78 is 14.6. The van der Waals surface area contributed by atoms with E-state index in [9.17, 15) is 0 Å². The second-order valence-corrected chi connectivity index (χ2v) is 12.0. The maximum atomic E-state index is 5.83. The minimum Gasteiger partial charge on any atom is -0.496 e. The smallest absolute Gasteiger partial charge is 0.357 e. The van der Waals surface area contributed by atoms with Crippen molar-refractivity contribution >= 4 is 0 Å². The van der Waals surface area contributed by atoms with Gasteiger partial charge < -0.3 is 9.47 Å². The van der Waals surface area contributed by atoms with Gasteiger partial charge >= 0.3 is 21.2 Å². The van der Waals surface area contributed by atoms with Crippen LogP contribution in [-0.4, -0.2) is 14.2 Å². The molecule has 160 valence electrons. The van der Waals surface area contributed by atoms with E-state index < -0.39 is 0 Å². The van der Waals surface area contributed by atoms with Crippen LogP contribution in [-0.2, 0) is 0 Å². The molecule has 0 fully saturated rings. The lowest BCUT2D eigenvalue weighted by Crippen LogP contribution is -3.61. The van der Waals surface area contributed by atoms with E-state index in [0.29, 0.717) is 23.7 Å². The first-order valence-electron chi connectivity index (χ1n) is 10.7. The van der Waals surface area contributed by atoms with Crippen LogP contribution in [0.2, 0.25) is 0 Å². The highest BCUT2D eigenvalue weighted by Crippen LogP contribution is 2.35. The molecule has 0 saturated heterocycles. The minimum atomic E-state index is -0.288. The number of benzene rings is 2. The highest BCUT2D eigenvalue weighted by Gasteiger charge is 2.27. The van der Waals surface area contributed by atoms with Gasteiger partial charge in [0.15, 0.2) is 7.14 Å². The van der Waals surface area contributed by atoms with Gasteiger partial charge in [-0.2, -0.15) is 0 Å². The van der Waals surface area contributed by atoms with Gasteiger partial charge in [-0.05, 0) is 47.9 Å². The fourth-order valence-electron chi connectivity index (χ4n) is 3.69. The normalized spacial score (nSPS) is 11.8. The lowest BCUT2D eigenvalue weighted by atomic mass is 9.94. The SMILES string of the molecule is COc1c(C(C)C)cc([I+]c2cc(C(C)C)c(OC)c(C(C)C)c2)cc1C(C)C. The highest BCUT2D eigenvalue weighted by atomic mass is 127. The molecule has 2 aromatic rings. The molecule has 3 heteroatoms. The first-order valence-corrected chi connectivity index (χ1v) is 12.8. The quantitative estimate of drug-likeness (QED) is 0.494. The molecule has 0 amide bonds. The Morgan fingerprint density at radius 3 is 0.931 bits per heavy atom. The Balaban J connectivity index is 2.61. The molecule has 0 N–H and O–H groups in total. The molecule has 0 aliphatic rings. The van der Waals surface area contributed by atoms with Crippen LogP contribution in [0.25, 0.3) is 0 Å². The summed E-state index contributed by atoms with van der Waals surface area (Å²) in [6.45, 7) is 18.0. The van der Waals surface area contributed by atoms with Gasteiger partial charge in [0.05, 0.1) is 14.2 Å². The summed E-state index contributed by atoms with van der Waals surface area (Å²) in [5, 5.41) is 0. The molecule has 2 aromatic carbocycles. The molecule has 0 unspecified atom stereocenters. The lowest BCUT2D eigenvalue weighted by Gasteiger charge is -2.19. The fraction of sp³-hybridized carbons (Fsp3) is 0.538. The zero-order valence-corrected chi connectivity index (χ0v) is 22.0. The van der Waals surface area contributed by atoms with Gasteiger partial charge in [-0.25, -0.2) is 0 Å². The summed E-state index contributed by atoms with van der Waals surface area (Å²) in [6.07, 6.45) is 0. The van der Waals surface area contributed by atoms with Crippen LogP contribution < -0.4 is 30.7 Å². The Hall–Kier alpha value is -1.23. The van der Waals surface area contributed by atoms with Crippen molar-refractivity contribution in [1.29, 1.82) is 0 Å². The number of ether oxygens (including phenoxy) is 2. The van der Waals surface area contributed by atoms with E-state index in [2.05, 4.69) is 79.7 Å². The third-order valence-corrected chi connectivity index (χ3v) is 7.83. The van der Waals surface area contributed by atoms with E-state index in [1.54, 1.807) is 14.2 Å². The van der Waals surface area contributed by atoms with Crippen molar-refractivity contribution in [3.05, 3.63) is 53.7 Å². The summed E-state index contributed by atoms with van der Waals surface area (Å²) in [5.74, 6) is 3.92. The third-order valence-electron chi connectivity index (χ3n) is 5.34. The third kappa shape index (κ3) is 5.48. The zero-order chi connectivity index (χ0) is 21.9. The number of hydrogen-bond donors (Lipinski definition) is 0. The molecular weight excluding hydrogens is 471 g/mol. The molecule has 0 atom stereocenters. The molecule has 29 heavy (non-hydrogen) atoms. The lowest BCUT2D eigenvalue weighted by molar-refractivity contribution is -0.597. The van der Waals surface area contributed by atoms with Crippen LogP contribution in [0.4, 0.5) is 0 Å². The van der Waals surface area contributed by atoms with E-state index in [1.165, 1.54) is 29.4 Å². The summed E-state index contributed by atoms with van der Waals surface area (Å²) >= 11 is -0.288. The number of methoxy groups -OCH3 is 2. The Bertz CT molecular complexity index is 707. The van der Waals surface area contributed by atoms with Gasteiger partial charge in [0.2, 0.25) is 0 Å². The van der Waals surface area contributed by atoms with Crippen LogP contribution in [0.15, 0.2) is 24.3 Å². The molecule has 0 aromatic heterocycles. The topological polar surface area (TPSA) is 18.5 Å². The van der Waals surface area contributed by atoms with Crippen molar-refractivity contribution in [3.8, 4) is 11.5 Å². The van der Waals surface area contributed by atoms with Gasteiger partial charge in [-0.15, -0.1) is 0 Å². The largest absolute Gasteiger partial charge is 0.496 e. The molecule has 2 rings (SSSR count). The highest BCUT2D eigenvalue weighted by molar-refractivity contribution is 5.46. The van der Waals surface area contributed by atoms with E-state index in [0.717, 1.165) is 11.5 Å². The van der Waals surface area contributed by atoms with E-state index in [1.807, 2.05) is 0 Å². The summed E-state index contributed by atoms with van der Waals surface area (Å²) in [7, 11) is 3.60. The van der Waals surface area contributed by atoms with Crippen molar-refractivity contribution in [2.75, 3.05) is 14.2 Å². The maximum Gasteiger partial charge on any atom is 0.357 e. The second kappa shape index (κ2) is 10.2. The fourth-order valence-corrected chi connectivity index (χ4v) is 6.38. The van der Waals surface area contributed by atoms with Crippen LogP contribution in [0, 0.1) is 7.14 Å². The van der Waals surface area contributed by atoms with Crippen molar-refractivity contribution in [2.45, 2.75) is 79.1 Å². The summed E-state index contributed by atoms with van der Waals surface area (Å²) in [5.41, 5.74) is 5.32. The average molecular weight is 509 g/mol. The van der Waals surface area contributed by atoms with Crippen LogP contribution in [0.3, 0.4) is 0 Å². The average Bonchev–Trinajstić information content (AvgIpc) is 2.66. The number of halogens is 1. The zero-order valence-electron chi connectivity index (χ0n) is 19.8. The monoisotopic (exact) mass is 509 g/mol. The van der Waals surface area contributed by atoms with E-state index >= 15 is 0 Å². The standard InChI is InChI=1S/C26H38IO2/c1-15(2)21-11-19(12-22(16(3)4)25(21)28-9)27-20-13-23(17(5)6)26(29-10)24(14-20)18(7)8/h11-18H,1-10H3/q+1. The van der Waals surface area contributed by atoms with Crippen molar-refractivity contribution in [1.82, 2.24) is 0 Å². The number of hydrogen-bond acceptors (Lipinski definition) is 2. The molecule has 0 bridgehead atoms. The van der Waals surface area contributed by atoms with Crippen LogP contribution in [0.1, 0.15) is 101 Å². The summed E-state index contributed by atoms with van der Waals surface area (Å²) in [4.78, 5) is 0. The van der Waals surface area contributed by atoms with Gasteiger partial charge in [0, 0.05) is 22.3 Å². The van der Waals surface area contributed by atoms with Gasteiger partial charge in [0.25, 0.3) is 0 Å². The molecule has 0 saturated carbocycles.